The SMILES string of the molecule is NC(C(=O)NCC1(O)CCOCC1)c1cccs1. The van der Waals surface area contributed by atoms with E-state index in [0.29, 0.717) is 26.1 Å². The number of rotatable bonds is 4. The van der Waals surface area contributed by atoms with Crippen LogP contribution in [0.3, 0.4) is 0 Å². The molecular weight excluding hydrogens is 252 g/mol. The van der Waals surface area contributed by atoms with E-state index < -0.39 is 11.6 Å². The molecule has 2 rings (SSSR count). The third-order valence-corrected chi connectivity index (χ3v) is 4.10. The van der Waals surface area contributed by atoms with Crippen LogP contribution in [0, 0.1) is 0 Å². The van der Waals surface area contributed by atoms with E-state index >= 15 is 0 Å². The number of nitrogens with one attached hydrogen (secondary N) is 1. The Morgan fingerprint density at radius 1 is 1.61 bits per heavy atom. The molecule has 1 saturated heterocycles. The Labute approximate surface area is 110 Å². The number of aliphatic hydroxyl groups is 1. The van der Waals surface area contributed by atoms with Crippen LogP contribution in [0.2, 0.25) is 0 Å². The number of ether oxygens (including phenoxy) is 1. The lowest BCUT2D eigenvalue weighted by atomic mass is 9.94. The van der Waals surface area contributed by atoms with Crippen molar-refractivity contribution in [3.63, 3.8) is 0 Å². The van der Waals surface area contributed by atoms with E-state index in [1.165, 1.54) is 11.3 Å². The smallest absolute Gasteiger partial charge is 0.242 e. The predicted octanol–water partition coefficient (Wildman–Crippen LogP) is 0.406. The van der Waals surface area contributed by atoms with E-state index in [2.05, 4.69) is 5.32 Å². The quantitative estimate of drug-likeness (QED) is 0.739. The Morgan fingerprint density at radius 3 is 2.94 bits per heavy atom. The van der Waals surface area contributed by atoms with Crippen LogP contribution < -0.4 is 11.1 Å². The fourth-order valence-electron chi connectivity index (χ4n) is 1.89. The van der Waals surface area contributed by atoms with Crippen LogP contribution in [0.5, 0.6) is 0 Å². The molecule has 1 aromatic rings. The molecule has 6 heteroatoms. The second kappa shape index (κ2) is 5.79. The minimum Gasteiger partial charge on any atom is -0.388 e. The molecule has 1 amide bonds. The number of carbonyl (C=O) groups is 1. The second-order valence-electron chi connectivity index (χ2n) is 4.55. The van der Waals surface area contributed by atoms with Gasteiger partial charge in [-0.2, -0.15) is 0 Å². The van der Waals surface area contributed by atoms with Crippen molar-refractivity contribution >= 4 is 17.2 Å². The van der Waals surface area contributed by atoms with Crippen molar-refractivity contribution in [1.29, 1.82) is 0 Å². The molecule has 1 fully saturated rings. The van der Waals surface area contributed by atoms with E-state index in [-0.39, 0.29) is 12.5 Å². The van der Waals surface area contributed by atoms with Gasteiger partial charge in [0.25, 0.3) is 0 Å². The van der Waals surface area contributed by atoms with Gasteiger partial charge in [-0.15, -0.1) is 11.3 Å². The van der Waals surface area contributed by atoms with E-state index in [4.69, 9.17) is 10.5 Å². The summed E-state index contributed by atoms with van der Waals surface area (Å²) in [5.41, 5.74) is 4.98. The molecule has 2 heterocycles. The van der Waals surface area contributed by atoms with Crippen molar-refractivity contribution < 1.29 is 14.6 Å². The zero-order chi connectivity index (χ0) is 13.0. The fourth-order valence-corrected chi connectivity index (χ4v) is 2.61. The summed E-state index contributed by atoms with van der Waals surface area (Å²) >= 11 is 1.45. The van der Waals surface area contributed by atoms with Gasteiger partial charge in [-0.3, -0.25) is 4.79 Å². The predicted molar refractivity (Wildman–Crippen MR) is 69.3 cm³/mol. The molecule has 0 aliphatic carbocycles. The topological polar surface area (TPSA) is 84.6 Å². The van der Waals surface area contributed by atoms with Gasteiger partial charge in [0.15, 0.2) is 0 Å². The Balaban J connectivity index is 1.84. The molecule has 0 saturated carbocycles. The molecule has 0 spiro atoms. The van der Waals surface area contributed by atoms with Crippen LogP contribution in [-0.4, -0.2) is 36.4 Å². The molecule has 1 unspecified atom stereocenters. The van der Waals surface area contributed by atoms with E-state index in [0.717, 1.165) is 4.88 Å². The second-order valence-corrected chi connectivity index (χ2v) is 5.53. The number of carbonyl (C=O) groups excluding carboxylic acids is 1. The van der Waals surface area contributed by atoms with Gasteiger partial charge in [-0.25, -0.2) is 0 Å². The average molecular weight is 270 g/mol. The summed E-state index contributed by atoms with van der Waals surface area (Å²) in [6.07, 6.45) is 1.09. The minimum atomic E-state index is -0.858. The van der Waals surface area contributed by atoms with Gasteiger partial charge in [0.05, 0.1) is 5.60 Å². The molecular formula is C12H18N2O3S. The van der Waals surface area contributed by atoms with E-state index in [1.807, 2.05) is 17.5 Å². The fraction of sp³-hybridized carbons (Fsp3) is 0.583. The van der Waals surface area contributed by atoms with Crippen molar-refractivity contribution in [3.05, 3.63) is 22.4 Å². The summed E-state index contributed by atoms with van der Waals surface area (Å²) in [6, 6.07) is 3.03. The maximum absolute atomic E-state index is 11.9. The van der Waals surface area contributed by atoms with Crippen LogP contribution >= 0.6 is 11.3 Å². The standard InChI is InChI=1S/C12H18N2O3S/c13-10(9-2-1-7-18-9)11(15)14-8-12(16)3-5-17-6-4-12/h1-2,7,10,16H,3-6,8,13H2,(H,14,15). The molecule has 18 heavy (non-hydrogen) atoms. The van der Waals surface area contributed by atoms with Gasteiger partial charge < -0.3 is 20.9 Å². The molecule has 1 aromatic heterocycles. The lowest BCUT2D eigenvalue weighted by Crippen LogP contribution is -2.48. The van der Waals surface area contributed by atoms with Gasteiger partial charge >= 0.3 is 0 Å². The lowest BCUT2D eigenvalue weighted by molar-refractivity contribution is -0.125. The molecule has 1 atom stereocenters. The highest BCUT2D eigenvalue weighted by Crippen LogP contribution is 2.20. The monoisotopic (exact) mass is 270 g/mol. The zero-order valence-electron chi connectivity index (χ0n) is 10.1. The minimum absolute atomic E-state index is 0.230. The molecule has 1 aliphatic rings. The number of thiophene rings is 1. The highest BCUT2D eigenvalue weighted by Gasteiger charge is 2.30. The number of hydrogen-bond donors (Lipinski definition) is 3. The summed E-state index contributed by atoms with van der Waals surface area (Å²) in [5.74, 6) is -0.252. The average Bonchev–Trinajstić information content (AvgIpc) is 2.90. The molecule has 5 nitrogen and oxygen atoms in total. The third-order valence-electron chi connectivity index (χ3n) is 3.15. The van der Waals surface area contributed by atoms with Gasteiger partial charge in [0.1, 0.15) is 6.04 Å². The van der Waals surface area contributed by atoms with Gasteiger partial charge in [-0.05, 0) is 11.4 Å². The van der Waals surface area contributed by atoms with Crippen molar-refractivity contribution in [3.8, 4) is 0 Å². The van der Waals surface area contributed by atoms with Crippen LogP contribution in [0.4, 0.5) is 0 Å². The molecule has 1 aliphatic heterocycles. The highest BCUT2D eigenvalue weighted by molar-refractivity contribution is 7.10. The first kappa shape index (κ1) is 13.5. The molecule has 0 bridgehead atoms. The third kappa shape index (κ3) is 3.29. The molecule has 100 valence electrons. The maximum Gasteiger partial charge on any atom is 0.242 e. The zero-order valence-corrected chi connectivity index (χ0v) is 10.9. The first-order valence-electron chi connectivity index (χ1n) is 5.98. The first-order chi connectivity index (χ1) is 8.61. The van der Waals surface area contributed by atoms with Crippen molar-refractivity contribution in [2.24, 2.45) is 5.73 Å². The Morgan fingerprint density at radius 2 is 2.33 bits per heavy atom. The van der Waals surface area contributed by atoms with Crippen LogP contribution in [-0.2, 0) is 9.53 Å². The van der Waals surface area contributed by atoms with Crippen molar-refractivity contribution in [2.75, 3.05) is 19.8 Å². The van der Waals surface area contributed by atoms with E-state index in [9.17, 15) is 9.90 Å². The lowest BCUT2D eigenvalue weighted by Gasteiger charge is -2.32. The Kier molecular flexibility index (Phi) is 4.34. The van der Waals surface area contributed by atoms with Crippen molar-refractivity contribution in [2.45, 2.75) is 24.5 Å². The summed E-state index contributed by atoms with van der Waals surface area (Å²) in [5, 5.41) is 14.8. The first-order valence-corrected chi connectivity index (χ1v) is 6.85. The molecule has 4 N–H and O–H groups in total. The van der Waals surface area contributed by atoms with Crippen molar-refractivity contribution in [1.82, 2.24) is 5.32 Å². The summed E-state index contributed by atoms with van der Waals surface area (Å²) in [4.78, 5) is 12.7. The molecule has 0 aromatic carbocycles. The maximum atomic E-state index is 11.9. The number of amides is 1. The Bertz CT molecular complexity index is 388. The molecule has 0 radical (unpaired) electrons. The van der Waals surface area contributed by atoms with Gasteiger partial charge in [0.2, 0.25) is 5.91 Å². The highest BCUT2D eigenvalue weighted by atomic mass is 32.1. The summed E-state index contributed by atoms with van der Waals surface area (Å²) in [7, 11) is 0. The summed E-state index contributed by atoms with van der Waals surface area (Å²) in [6.45, 7) is 1.29. The van der Waals surface area contributed by atoms with Gasteiger partial charge in [0, 0.05) is 37.5 Å². The van der Waals surface area contributed by atoms with Crippen LogP contribution in [0.25, 0.3) is 0 Å². The van der Waals surface area contributed by atoms with Crippen LogP contribution in [0.15, 0.2) is 17.5 Å². The number of nitrogens with two attached hydrogens (primary N) is 1. The van der Waals surface area contributed by atoms with E-state index in [1.54, 1.807) is 0 Å². The summed E-state index contributed by atoms with van der Waals surface area (Å²) < 4.78 is 5.18. The Hall–Kier alpha value is -0.950. The van der Waals surface area contributed by atoms with Crippen LogP contribution in [0.1, 0.15) is 23.8 Å². The van der Waals surface area contributed by atoms with Gasteiger partial charge in [-0.1, -0.05) is 6.07 Å². The normalized spacial score (nSPS) is 20.3. The largest absolute Gasteiger partial charge is 0.388 e. The number of hydrogen-bond acceptors (Lipinski definition) is 5.